The van der Waals surface area contributed by atoms with E-state index in [2.05, 4.69) is 12.2 Å². The number of non-ortho nitro benzene ring substituents is 1. The molecule has 1 aliphatic carbocycles. The van der Waals surface area contributed by atoms with Crippen LogP contribution in [-0.4, -0.2) is 30.0 Å². The summed E-state index contributed by atoms with van der Waals surface area (Å²) in [6.07, 6.45) is 5.95. The summed E-state index contributed by atoms with van der Waals surface area (Å²) in [7, 11) is 0. The molecule has 0 heterocycles. The van der Waals surface area contributed by atoms with Crippen LogP contribution in [0.25, 0.3) is 0 Å². The number of amides is 1. The molecule has 0 unspecified atom stereocenters. The van der Waals surface area contributed by atoms with Crippen LogP contribution in [0.2, 0.25) is 0 Å². The minimum atomic E-state index is -0.784. The maximum atomic E-state index is 13.6. The first-order valence-corrected chi connectivity index (χ1v) is 11.9. The number of hydrogen-bond donors (Lipinski definition) is 1. The molecule has 182 valence electrons. The summed E-state index contributed by atoms with van der Waals surface area (Å²) in [5.74, 6) is -0.268. The Bertz CT molecular complexity index is 1010. The molecule has 8 nitrogen and oxygen atoms in total. The van der Waals surface area contributed by atoms with Crippen molar-refractivity contribution in [2.75, 3.05) is 18.5 Å². The Kier molecular flexibility index (Phi) is 8.62. The zero-order valence-electron chi connectivity index (χ0n) is 19.8. The Morgan fingerprint density at radius 1 is 1.06 bits per heavy atom. The van der Waals surface area contributed by atoms with Gasteiger partial charge in [-0.2, -0.15) is 0 Å². The fraction of sp³-hybridized carbons (Fsp3) is 0.462. The number of anilines is 1. The highest BCUT2D eigenvalue weighted by Gasteiger charge is 2.41. The van der Waals surface area contributed by atoms with E-state index in [0.717, 1.165) is 37.7 Å². The Labute approximate surface area is 199 Å². The Hall–Kier alpha value is -3.42. The second-order valence-electron chi connectivity index (χ2n) is 8.53. The van der Waals surface area contributed by atoms with Gasteiger partial charge in [-0.1, -0.05) is 44.7 Å². The van der Waals surface area contributed by atoms with Crippen LogP contribution < -0.4 is 10.1 Å². The van der Waals surface area contributed by atoms with Gasteiger partial charge in [-0.25, -0.2) is 4.79 Å². The van der Waals surface area contributed by atoms with Crippen LogP contribution in [-0.2, 0) is 14.9 Å². The first-order valence-electron chi connectivity index (χ1n) is 11.9. The molecule has 1 N–H and O–H groups in total. The summed E-state index contributed by atoms with van der Waals surface area (Å²) < 4.78 is 11.0. The van der Waals surface area contributed by atoms with Gasteiger partial charge in [-0.05, 0) is 49.9 Å². The van der Waals surface area contributed by atoms with Crippen molar-refractivity contribution in [3.8, 4) is 5.75 Å². The monoisotopic (exact) mass is 468 g/mol. The molecule has 0 atom stereocenters. The number of nitro benzene ring substituents is 1. The number of nitro groups is 1. The van der Waals surface area contributed by atoms with E-state index in [1.807, 2.05) is 0 Å². The van der Waals surface area contributed by atoms with Crippen LogP contribution in [0.1, 0.15) is 74.7 Å². The number of hydrogen-bond acceptors (Lipinski definition) is 6. The zero-order chi connectivity index (χ0) is 24.6. The molecule has 0 aliphatic heterocycles. The summed E-state index contributed by atoms with van der Waals surface area (Å²) in [5.41, 5.74) is 0.716. The van der Waals surface area contributed by atoms with Crippen molar-refractivity contribution < 1.29 is 24.0 Å². The van der Waals surface area contributed by atoms with Crippen LogP contribution >= 0.6 is 0 Å². The molecule has 0 bridgehead atoms. The number of benzene rings is 2. The summed E-state index contributed by atoms with van der Waals surface area (Å²) in [4.78, 5) is 36.8. The predicted octanol–water partition coefficient (Wildman–Crippen LogP) is 5.79. The number of rotatable bonds is 10. The van der Waals surface area contributed by atoms with Crippen molar-refractivity contribution in [3.05, 3.63) is 63.7 Å². The highest BCUT2D eigenvalue weighted by atomic mass is 16.6. The number of ether oxygens (including phenoxy) is 2. The van der Waals surface area contributed by atoms with Gasteiger partial charge >= 0.3 is 5.97 Å². The number of nitrogens with one attached hydrogen (secondary N) is 1. The highest BCUT2D eigenvalue weighted by molar-refractivity contribution is 6.01. The van der Waals surface area contributed by atoms with Gasteiger partial charge in [-0.3, -0.25) is 14.9 Å². The minimum Gasteiger partial charge on any atom is -0.493 e. The largest absolute Gasteiger partial charge is 0.493 e. The molecule has 2 aromatic rings. The third-order valence-corrected chi connectivity index (χ3v) is 6.26. The van der Waals surface area contributed by atoms with Crippen LogP contribution in [0.5, 0.6) is 5.75 Å². The third kappa shape index (κ3) is 5.73. The second kappa shape index (κ2) is 11.6. The average molecular weight is 469 g/mol. The SMILES string of the molecule is CCCCOc1ccc(NC(=O)C2(c3ccc([N+](=O)[O-])cc3)CCCCC2)cc1C(=O)OCC. The number of carbonyl (C=O) groups is 2. The quantitative estimate of drug-likeness (QED) is 0.205. The number of carbonyl (C=O) groups excluding carboxylic acids is 2. The number of unbranched alkanes of at least 4 members (excludes halogenated alkanes) is 1. The van der Waals surface area contributed by atoms with Crippen molar-refractivity contribution in [3.63, 3.8) is 0 Å². The highest BCUT2D eigenvalue weighted by Crippen LogP contribution is 2.41. The molecule has 0 saturated heterocycles. The smallest absolute Gasteiger partial charge is 0.341 e. The number of esters is 1. The van der Waals surface area contributed by atoms with E-state index in [0.29, 0.717) is 30.9 Å². The fourth-order valence-electron chi connectivity index (χ4n) is 4.38. The molecule has 2 aromatic carbocycles. The molecular formula is C26H32N2O6. The second-order valence-corrected chi connectivity index (χ2v) is 8.53. The van der Waals surface area contributed by atoms with Crippen molar-refractivity contribution in [1.29, 1.82) is 0 Å². The standard InChI is InChI=1S/C26H32N2O6/c1-3-5-17-34-23-14-11-20(18-22(23)24(29)33-4-2)27-25(30)26(15-7-6-8-16-26)19-9-12-21(13-10-19)28(31)32/h9-14,18H,3-8,15-17H2,1-2H3,(H,27,30). The topological polar surface area (TPSA) is 108 Å². The van der Waals surface area contributed by atoms with Crippen LogP contribution in [0.3, 0.4) is 0 Å². The molecule has 1 aliphatic rings. The van der Waals surface area contributed by atoms with Gasteiger partial charge in [-0.15, -0.1) is 0 Å². The lowest BCUT2D eigenvalue weighted by atomic mass is 9.68. The van der Waals surface area contributed by atoms with Crippen molar-refractivity contribution >= 4 is 23.3 Å². The lowest BCUT2D eigenvalue weighted by molar-refractivity contribution is -0.384. The molecule has 1 fully saturated rings. The van der Waals surface area contributed by atoms with Gasteiger partial charge in [0.15, 0.2) is 0 Å². The molecule has 0 aromatic heterocycles. The van der Waals surface area contributed by atoms with E-state index in [1.54, 1.807) is 37.3 Å². The molecule has 3 rings (SSSR count). The van der Waals surface area contributed by atoms with Gasteiger partial charge in [0, 0.05) is 17.8 Å². The van der Waals surface area contributed by atoms with E-state index in [4.69, 9.17) is 9.47 Å². The van der Waals surface area contributed by atoms with Gasteiger partial charge in [0.2, 0.25) is 5.91 Å². The predicted molar refractivity (Wildman–Crippen MR) is 129 cm³/mol. The summed E-state index contributed by atoms with van der Waals surface area (Å²) in [5, 5.41) is 14.0. The lowest BCUT2D eigenvalue weighted by Crippen LogP contribution is -2.42. The van der Waals surface area contributed by atoms with Crippen molar-refractivity contribution in [2.24, 2.45) is 0 Å². The maximum absolute atomic E-state index is 13.6. The van der Waals surface area contributed by atoms with E-state index < -0.39 is 16.3 Å². The third-order valence-electron chi connectivity index (χ3n) is 6.26. The van der Waals surface area contributed by atoms with Crippen molar-refractivity contribution in [1.82, 2.24) is 0 Å². The molecule has 1 amide bonds. The molecule has 34 heavy (non-hydrogen) atoms. The van der Waals surface area contributed by atoms with Crippen LogP contribution in [0.15, 0.2) is 42.5 Å². The molecule has 0 radical (unpaired) electrons. The fourth-order valence-corrected chi connectivity index (χ4v) is 4.38. The lowest BCUT2D eigenvalue weighted by Gasteiger charge is -2.36. The van der Waals surface area contributed by atoms with E-state index >= 15 is 0 Å². The van der Waals surface area contributed by atoms with Crippen LogP contribution in [0, 0.1) is 10.1 Å². The summed E-state index contributed by atoms with van der Waals surface area (Å²) in [6, 6.07) is 11.2. The van der Waals surface area contributed by atoms with Gasteiger partial charge in [0.25, 0.3) is 5.69 Å². The average Bonchev–Trinajstić information content (AvgIpc) is 2.85. The molecular weight excluding hydrogens is 436 g/mol. The Morgan fingerprint density at radius 2 is 1.76 bits per heavy atom. The van der Waals surface area contributed by atoms with E-state index in [9.17, 15) is 19.7 Å². The Morgan fingerprint density at radius 3 is 2.38 bits per heavy atom. The molecule has 0 spiro atoms. The molecule has 8 heteroatoms. The first-order chi connectivity index (χ1) is 16.4. The van der Waals surface area contributed by atoms with Crippen LogP contribution in [0.4, 0.5) is 11.4 Å². The summed E-state index contributed by atoms with van der Waals surface area (Å²) >= 11 is 0. The van der Waals surface area contributed by atoms with Gasteiger partial charge in [0.1, 0.15) is 11.3 Å². The molecule has 1 saturated carbocycles. The number of nitrogens with zero attached hydrogens (tertiary/aromatic N) is 1. The first kappa shape index (κ1) is 25.2. The van der Waals surface area contributed by atoms with E-state index in [1.165, 1.54) is 12.1 Å². The van der Waals surface area contributed by atoms with Gasteiger partial charge in [0.05, 0.1) is 23.6 Å². The van der Waals surface area contributed by atoms with Crippen molar-refractivity contribution in [2.45, 2.75) is 64.2 Å². The van der Waals surface area contributed by atoms with E-state index in [-0.39, 0.29) is 23.8 Å². The zero-order valence-corrected chi connectivity index (χ0v) is 19.8. The normalized spacial score (nSPS) is 14.8. The minimum absolute atomic E-state index is 0.00661. The maximum Gasteiger partial charge on any atom is 0.341 e. The summed E-state index contributed by atoms with van der Waals surface area (Å²) in [6.45, 7) is 4.50. The Balaban J connectivity index is 1.89. The van der Waals surface area contributed by atoms with Gasteiger partial charge < -0.3 is 14.8 Å².